The van der Waals surface area contributed by atoms with Crippen molar-refractivity contribution < 1.29 is 23.5 Å². The molecule has 0 saturated carbocycles. The van der Waals surface area contributed by atoms with Crippen LogP contribution in [0.4, 0.5) is 5.00 Å². The highest BCUT2D eigenvalue weighted by molar-refractivity contribution is 9.10. The summed E-state index contributed by atoms with van der Waals surface area (Å²) < 4.78 is 17.2. The fraction of sp³-hybridized carbons (Fsp3) is 0.238. The molecule has 30 heavy (non-hydrogen) atoms. The molecule has 6 nitrogen and oxygen atoms in total. The number of nitrogens with one attached hydrogen (secondary N) is 1. The lowest BCUT2D eigenvalue weighted by atomic mass is 10.1. The standard InChI is InChI=1S/C21H19BrClNO5S/c1-4-27-21(26)18-11(2)12(3)30-20(18)24-19(25)17-8-6-14(29-17)10-28-16-7-5-13(22)9-15(16)23/h5-9H,4,10H2,1-3H3,(H,24,25). The van der Waals surface area contributed by atoms with Crippen LogP contribution in [0.15, 0.2) is 39.2 Å². The second kappa shape index (κ2) is 9.68. The lowest BCUT2D eigenvalue weighted by Crippen LogP contribution is -2.14. The summed E-state index contributed by atoms with van der Waals surface area (Å²) in [6, 6.07) is 8.48. The Kier molecular flexibility index (Phi) is 7.23. The summed E-state index contributed by atoms with van der Waals surface area (Å²) in [4.78, 5) is 25.8. The molecule has 3 aromatic rings. The maximum absolute atomic E-state index is 12.6. The maximum atomic E-state index is 12.6. The van der Waals surface area contributed by atoms with Gasteiger partial charge in [0.25, 0.3) is 5.91 Å². The Balaban J connectivity index is 1.70. The van der Waals surface area contributed by atoms with Gasteiger partial charge < -0.3 is 19.2 Å². The summed E-state index contributed by atoms with van der Waals surface area (Å²) in [6.45, 7) is 5.81. The van der Waals surface area contributed by atoms with Gasteiger partial charge in [-0.1, -0.05) is 27.5 Å². The Labute approximate surface area is 191 Å². The van der Waals surface area contributed by atoms with Gasteiger partial charge in [-0.25, -0.2) is 4.79 Å². The van der Waals surface area contributed by atoms with Crippen molar-refractivity contribution in [2.45, 2.75) is 27.4 Å². The Morgan fingerprint density at radius 3 is 2.70 bits per heavy atom. The number of hydrogen-bond donors (Lipinski definition) is 1. The number of anilines is 1. The number of hydrogen-bond acceptors (Lipinski definition) is 6. The van der Waals surface area contributed by atoms with Crippen molar-refractivity contribution >= 4 is 55.7 Å². The number of rotatable bonds is 7. The lowest BCUT2D eigenvalue weighted by molar-refractivity contribution is 0.0527. The van der Waals surface area contributed by atoms with E-state index in [-0.39, 0.29) is 19.0 Å². The zero-order valence-electron chi connectivity index (χ0n) is 16.5. The molecule has 158 valence electrons. The van der Waals surface area contributed by atoms with Crippen LogP contribution in [0, 0.1) is 13.8 Å². The van der Waals surface area contributed by atoms with Crippen LogP contribution in [-0.4, -0.2) is 18.5 Å². The van der Waals surface area contributed by atoms with E-state index in [1.54, 1.807) is 31.2 Å². The third-order valence-electron chi connectivity index (χ3n) is 4.24. The van der Waals surface area contributed by atoms with Gasteiger partial charge >= 0.3 is 5.97 Å². The van der Waals surface area contributed by atoms with Gasteiger partial charge in [0, 0.05) is 9.35 Å². The lowest BCUT2D eigenvalue weighted by Gasteiger charge is -2.07. The summed E-state index contributed by atoms with van der Waals surface area (Å²) in [7, 11) is 0. The largest absolute Gasteiger partial charge is 0.484 e. The number of halogens is 2. The molecule has 0 saturated heterocycles. The van der Waals surface area contributed by atoms with Gasteiger partial charge in [0.2, 0.25) is 0 Å². The molecule has 0 aliphatic carbocycles. The predicted molar refractivity (Wildman–Crippen MR) is 120 cm³/mol. The molecule has 9 heteroatoms. The Morgan fingerprint density at radius 1 is 1.23 bits per heavy atom. The van der Waals surface area contributed by atoms with Crippen molar-refractivity contribution in [3.63, 3.8) is 0 Å². The third kappa shape index (κ3) is 5.06. The number of amides is 1. The first-order chi connectivity index (χ1) is 14.3. The highest BCUT2D eigenvalue weighted by Crippen LogP contribution is 2.33. The smallest absolute Gasteiger partial charge is 0.341 e. The minimum Gasteiger partial charge on any atom is -0.484 e. The molecule has 0 bridgehead atoms. The van der Waals surface area contributed by atoms with Crippen molar-refractivity contribution in [1.82, 2.24) is 0 Å². The van der Waals surface area contributed by atoms with Crippen molar-refractivity contribution in [2.24, 2.45) is 0 Å². The van der Waals surface area contributed by atoms with Gasteiger partial charge in [-0.3, -0.25) is 4.79 Å². The zero-order valence-corrected chi connectivity index (χ0v) is 19.7. The van der Waals surface area contributed by atoms with E-state index in [1.807, 2.05) is 19.9 Å². The normalized spacial score (nSPS) is 10.7. The van der Waals surface area contributed by atoms with Gasteiger partial charge in [0.05, 0.1) is 17.2 Å². The third-order valence-corrected chi connectivity index (χ3v) is 6.15. The van der Waals surface area contributed by atoms with E-state index in [1.165, 1.54) is 11.3 Å². The highest BCUT2D eigenvalue weighted by atomic mass is 79.9. The van der Waals surface area contributed by atoms with E-state index in [0.717, 1.165) is 14.9 Å². The molecule has 3 rings (SSSR count). The van der Waals surface area contributed by atoms with Crippen LogP contribution in [0.3, 0.4) is 0 Å². The van der Waals surface area contributed by atoms with Gasteiger partial charge in [0.1, 0.15) is 23.1 Å². The molecule has 1 amide bonds. The number of carbonyl (C=O) groups is 2. The molecule has 1 aromatic carbocycles. The van der Waals surface area contributed by atoms with E-state index in [4.69, 9.17) is 25.5 Å². The van der Waals surface area contributed by atoms with Gasteiger partial charge in [-0.15, -0.1) is 11.3 Å². The van der Waals surface area contributed by atoms with Crippen molar-refractivity contribution in [3.05, 3.63) is 67.4 Å². The summed E-state index contributed by atoms with van der Waals surface area (Å²) in [5, 5.41) is 3.64. The number of ether oxygens (including phenoxy) is 2. The second-order valence-electron chi connectivity index (χ2n) is 6.29. The monoisotopic (exact) mass is 511 g/mol. The van der Waals surface area contributed by atoms with Crippen LogP contribution in [0.1, 0.15) is 44.0 Å². The highest BCUT2D eigenvalue weighted by Gasteiger charge is 2.23. The average Bonchev–Trinajstić information content (AvgIpc) is 3.26. The maximum Gasteiger partial charge on any atom is 0.341 e. The van der Waals surface area contributed by atoms with Crippen molar-refractivity contribution in [3.8, 4) is 5.75 Å². The number of thiophene rings is 1. The first kappa shape index (κ1) is 22.4. The van der Waals surface area contributed by atoms with Crippen molar-refractivity contribution in [1.29, 1.82) is 0 Å². The van der Waals surface area contributed by atoms with Crippen LogP contribution in [0.5, 0.6) is 5.75 Å². The fourth-order valence-corrected chi connectivity index (χ4v) is 4.42. The Bertz CT molecular complexity index is 1090. The summed E-state index contributed by atoms with van der Waals surface area (Å²) in [5.74, 6) is 0.146. The molecule has 0 atom stereocenters. The van der Waals surface area contributed by atoms with Gasteiger partial charge in [-0.05, 0) is 56.7 Å². The molecule has 1 N–H and O–H groups in total. The summed E-state index contributed by atoms with van der Waals surface area (Å²) >= 11 is 10.8. The van der Waals surface area contributed by atoms with E-state index in [9.17, 15) is 9.59 Å². The van der Waals surface area contributed by atoms with Crippen LogP contribution >= 0.6 is 38.9 Å². The van der Waals surface area contributed by atoms with E-state index >= 15 is 0 Å². The van der Waals surface area contributed by atoms with E-state index in [0.29, 0.717) is 27.1 Å². The first-order valence-electron chi connectivity index (χ1n) is 9.05. The molecule has 0 radical (unpaired) electrons. The molecule has 0 spiro atoms. The minimum absolute atomic E-state index is 0.106. The van der Waals surface area contributed by atoms with Crippen LogP contribution < -0.4 is 10.1 Å². The molecule has 2 heterocycles. The summed E-state index contributed by atoms with van der Waals surface area (Å²) in [5.41, 5.74) is 1.15. The topological polar surface area (TPSA) is 77.8 Å². The quantitative estimate of drug-likeness (QED) is 0.372. The molecular weight excluding hydrogens is 494 g/mol. The number of carbonyl (C=O) groups excluding carboxylic acids is 2. The van der Waals surface area contributed by atoms with E-state index in [2.05, 4.69) is 21.2 Å². The van der Waals surface area contributed by atoms with Gasteiger partial charge in [-0.2, -0.15) is 0 Å². The summed E-state index contributed by atoms with van der Waals surface area (Å²) in [6.07, 6.45) is 0. The fourth-order valence-electron chi connectivity index (χ4n) is 2.65. The predicted octanol–water partition coefficient (Wildman–Crippen LogP) is 6.38. The zero-order chi connectivity index (χ0) is 21.8. The molecule has 2 aromatic heterocycles. The molecular formula is C21H19BrClNO5S. The molecule has 0 unspecified atom stereocenters. The average molecular weight is 513 g/mol. The number of esters is 1. The molecule has 0 aliphatic heterocycles. The van der Waals surface area contributed by atoms with Crippen LogP contribution in [0.2, 0.25) is 5.02 Å². The first-order valence-corrected chi connectivity index (χ1v) is 11.0. The Morgan fingerprint density at radius 2 is 2.00 bits per heavy atom. The minimum atomic E-state index is -0.463. The second-order valence-corrected chi connectivity index (χ2v) is 8.84. The van der Waals surface area contributed by atoms with Crippen LogP contribution in [0.25, 0.3) is 0 Å². The SMILES string of the molecule is CCOC(=O)c1c(NC(=O)c2ccc(COc3ccc(Br)cc3Cl)o2)sc(C)c1C. The molecule has 0 fully saturated rings. The molecule has 0 aliphatic rings. The Hall–Kier alpha value is -2.29. The van der Waals surface area contributed by atoms with E-state index < -0.39 is 11.9 Å². The number of furan rings is 1. The number of benzene rings is 1. The van der Waals surface area contributed by atoms with Crippen molar-refractivity contribution in [2.75, 3.05) is 11.9 Å². The van der Waals surface area contributed by atoms with Gasteiger partial charge in [0.15, 0.2) is 5.76 Å². The number of aryl methyl sites for hydroxylation is 1. The van der Waals surface area contributed by atoms with Crippen LogP contribution in [-0.2, 0) is 11.3 Å².